The molecule has 2 N–H and O–H groups in total. The van der Waals surface area contributed by atoms with Gasteiger partial charge in [0.25, 0.3) is 8.32 Å². The molecule has 34 heavy (non-hydrogen) atoms. The molecule has 0 bridgehead atoms. The average Bonchev–Trinajstić information content (AvgIpc) is 2.75. The molecule has 2 aromatic carbocycles. The molecule has 0 radical (unpaired) electrons. The zero-order valence-corrected chi connectivity index (χ0v) is 22.5. The summed E-state index contributed by atoms with van der Waals surface area (Å²) in [5.41, 5.74) is -1.44. The van der Waals surface area contributed by atoms with Gasteiger partial charge in [0.15, 0.2) is 0 Å². The smallest absolute Gasteiger partial charge is 0.407 e. The van der Waals surface area contributed by atoms with Gasteiger partial charge in [-0.05, 0) is 61.9 Å². The molecule has 186 valence electrons. The van der Waals surface area contributed by atoms with Crippen molar-refractivity contribution in [1.29, 1.82) is 0 Å². The molecule has 0 aliphatic heterocycles. The molecule has 0 aromatic heterocycles. The molecule has 1 aliphatic rings. The lowest BCUT2D eigenvalue weighted by molar-refractivity contribution is -0.0588. The standard InChI is InChI=1S/C28H41NO4Si/c1-26(2,3)29(25(30)31)22-17-19-28(32,20-18-22)21-33-34(27(4,5)6,23-13-9-7-10-14-23)24-15-11-8-12-16-24/h7-16,22,32H,17-21H2,1-6H3,(H,30,31)/t22-,28+. The first-order valence-electron chi connectivity index (χ1n) is 12.3. The Hall–Kier alpha value is -2.15. The summed E-state index contributed by atoms with van der Waals surface area (Å²) >= 11 is 0. The quantitative estimate of drug-likeness (QED) is 0.567. The third-order valence-corrected chi connectivity index (χ3v) is 12.1. The van der Waals surface area contributed by atoms with E-state index in [0.717, 1.165) is 0 Å². The summed E-state index contributed by atoms with van der Waals surface area (Å²) < 4.78 is 6.98. The minimum absolute atomic E-state index is 0.0920. The number of carboxylic acid groups (broad SMARTS) is 1. The van der Waals surface area contributed by atoms with E-state index in [4.69, 9.17) is 4.43 Å². The molecule has 1 aliphatic carbocycles. The van der Waals surface area contributed by atoms with Crippen LogP contribution in [-0.2, 0) is 4.43 Å². The van der Waals surface area contributed by atoms with Crippen LogP contribution >= 0.6 is 0 Å². The number of rotatable bonds is 6. The average molecular weight is 484 g/mol. The minimum atomic E-state index is -2.73. The van der Waals surface area contributed by atoms with E-state index in [-0.39, 0.29) is 17.7 Å². The van der Waals surface area contributed by atoms with Gasteiger partial charge in [-0.1, -0.05) is 81.4 Å². The Morgan fingerprint density at radius 2 is 1.38 bits per heavy atom. The Morgan fingerprint density at radius 1 is 0.941 bits per heavy atom. The summed E-state index contributed by atoms with van der Waals surface area (Å²) in [4.78, 5) is 13.5. The Labute approximate surface area is 205 Å². The highest BCUT2D eigenvalue weighted by atomic mass is 28.4. The van der Waals surface area contributed by atoms with E-state index < -0.39 is 25.6 Å². The van der Waals surface area contributed by atoms with Gasteiger partial charge in [-0.25, -0.2) is 4.79 Å². The molecular formula is C28H41NO4Si. The maximum atomic E-state index is 11.9. The van der Waals surface area contributed by atoms with Gasteiger partial charge in [0, 0.05) is 11.6 Å². The maximum absolute atomic E-state index is 11.9. The molecule has 1 saturated carbocycles. The van der Waals surface area contributed by atoms with Crippen LogP contribution in [0, 0.1) is 0 Å². The number of carbonyl (C=O) groups is 1. The third-order valence-electron chi connectivity index (χ3n) is 7.15. The van der Waals surface area contributed by atoms with Crippen LogP contribution in [0.15, 0.2) is 60.7 Å². The van der Waals surface area contributed by atoms with Crippen molar-refractivity contribution in [3.63, 3.8) is 0 Å². The first-order valence-corrected chi connectivity index (χ1v) is 14.2. The second-order valence-corrected chi connectivity index (χ2v) is 16.0. The number of benzene rings is 2. The van der Waals surface area contributed by atoms with Crippen molar-refractivity contribution in [3.8, 4) is 0 Å². The van der Waals surface area contributed by atoms with Crippen LogP contribution in [0.2, 0.25) is 5.04 Å². The van der Waals surface area contributed by atoms with Crippen molar-refractivity contribution in [2.24, 2.45) is 0 Å². The zero-order valence-electron chi connectivity index (χ0n) is 21.5. The predicted octanol–water partition coefficient (Wildman–Crippen LogP) is 5.02. The lowest BCUT2D eigenvalue weighted by atomic mass is 9.81. The topological polar surface area (TPSA) is 70.0 Å². The molecule has 1 fully saturated rings. The minimum Gasteiger partial charge on any atom is -0.465 e. The molecule has 0 saturated heterocycles. The van der Waals surface area contributed by atoms with Crippen molar-refractivity contribution in [2.75, 3.05) is 6.61 Å². The highest BCUT2D eigenvalue weighted by Crippen LogP contribution is 2.39. The summed E-state index contributed by atoms with van der Waals surface area (Å²) in [6.07, 6.45) is 1.41. The second-order valence-electron chi connectivity index (χ2n) is 11.7. The van der Waals surface area contributed by atoms with E-state index in [9.17, 15) is 15.0 Å². The molecule has 1 amide bonds. The van der Waals surface area contributed by atoms with Crippen LogP contribution in [-0.4, -0.2) is 53.3 Å². The van der Waals surface area contributed by atoms with Crippen LogP contribution in [0.25, 0.3) is 0 Å². The van der Waals surface area contributed by atoms with E-state index in [1.54, 1.807) is 4.90 Å². The van der Waals surface area contributed by atoms with Gasteiger partial charge in [0.1, 0.15) is 0 Å². The largest absolute Gasteiger partial charge is 0.465 e. The molecule has 6 heteroatoms. The molecule has 2 aromatic rings. The van der Waals surface area contributed by atoms with Gasteiger partial charge in [-0.2, -0.15) is 0 Å². The van der Waals surface area contributed by atoms with Crippen molar-refractivity contribution < 1.29 is 19.4 Å². The zero-order chi connectivity index (χ0) is 25.2. The van der Waals surface area contributed by atoms with Crippen LogP contribution < -0.4 is 10.4 Å². The summed E-state index contributed by atoms with van der Waals surface area (Å²) in [6.45, 7) is 12.7. The lowest BCUT2D eigenvalue weighted by Gasteiger charge is -2.47. The van der Waals surface area contributed by atoms with Gasteiger partial charge in [-0.15, -0.1) is 0 Å². The normalized spacial score (nSPS) is 21.8. The SMILES string of the molecule is CC(C)(C)N(C(=O)O)[C@H]1CC[C@](O)(CO[Si](c2ccccc2)(c2ccccc2)C(C)(C)C)CC1. The van der Waals surface area contributed by atoms with Gasteiger partial charge in [-0.3, -0.25) is 0 Å². The van der Waals surface area contributed by atoms with Crippen LogP contribution in [0.1, 0.15) is 67.2 Å². The van der Waals surface area contributed by atoms with Gasteiger partial charge in [0.2, 0.25) is 0 Å². The number of nitrogens with zero attached hydrogens (tertiary/aromatic N) is 1. The highest BCUT2D eigenvalue weighted by Gasteiger charge is 2.51. The Morgan fingerprint density at radius 3 is 1.74 bits per heavy atom. The predicted molar refractivity (Wildman–Crippen MR) is 140 cm³/mol. The fourth-order valence-electron chi connectivity index (χ4n) is 5.54. The van der Waals surface area contributed by atoms with Crippen molar-refractivity contribution in [3.05, 3.63) is 60.7 Å². The first kappa shape index (κ1) is 26.5. The highest BCUT2D eigenvalue weighted by molar-refractivity contribution is 6.99. The lowest BCUT2D eigenvalue weighted by Crippen LogP contribution is -2.67. The molecule has 3 rings (SSSR count). The van der Waals surface area contributed by atoms with Crippen LogP contribution in [0.3, 0.4) is 0 Å². The fraction of sp³-hybridized carbons (Fsp3) is 0.536. The summed E-state index contributed by atoms with van der Waals surface area (Å²) in [6, 6.07) is 20.8. The Balaban J connectivity index is 1.88. The van der Waals surface area contributed by atoms with Crippen molar-refractivity contribution >= 4 is 24.8 Å². The molecule has 0 spiro atoms. The van der Waals surface area contributed by atoms with E-state index in [0.29, 0.717) is 25.7 Å². The van der Waals surface area contributed by atoms with Crippen molar-refractivity contribution in [2.45, 2.75) is 89.4 Å². The molecule has 5 nitrogen and oxygen atoms in total. The number of hydrogen-bond donors (Lipinski definition) is 2. The van der Waals surface area contributed by atoms with Crippen LogP contribution in [0.4, 0.5) is 4.79 Å². The van der Waals surface area contributed by atoms with E-state index in [2.05, 4.69) is 69.3 Å². The number of hydrogen-bond acceptors (Lipinski definition) is 3. The Bertz CT molecular complexity index is 902. The van der Waals surface area contributed by atoms with E-state index in [1.165, 1.54) is 10.4 Å². The Kier molecular flexibility index (Phi) is 7.65. The second kappa shape index (κ2) is 9.84. The third kappa shape index (κ3) is 5.40. The molecular weight excluding hydrogens is 442 g/mol. The molecule has 0 atom stereocenters. The fourth-order valence-corrected chi connectivity index (χ4v) is 10.2. The van der Waals surface area contributed by atoms with Gasteiger partial charge >= 0.3 is 6.09 Å². The van der Waals surface area contributed by atoms with E-state index in [1.807, 2.05) is 32.9 Å². The number of amides is 1. The maximum Gasteiger partial charge on any atom is 0.407 e. The monoisotopic (exact) mass is 483 g/mol. The van der Waals surface area contributed by atoms with E-state index >= 15 is 0 Å². The first-order chi connectivity index (χ1) is 15.8. The van der Waals surface area contributed by atoms with Crippen LogP contribution in [0.5, 0.6) is 0 Å². The van der Waals surface area contributed by atoms with Crippen molar-refractivity contribution in [1.82, 2.24) is 4.90 Å². The van der Waals surface area contributed by atoms with Gasteiger partial charge in [0.05, 0.1) is 12.2 Å². The number of aliphatic hydroxyl groups is 1. The van der Waals surface area contributed by atoms with Gasteiger partial charge < -0.3 is 19.5 Å². The summed E-state index contributed by atoms with van der Waals surface area (Å²) in [5.74, 6) is 0. The molecule has 0 heterocycles. The summed E-state index contributed by atoms with van der Waals surface area (Å²) in [7, 11) is -2.73. The summed E-state index contributed by atoms with van der Waals surface area (Å²) in [5, 5.41) is 23.6. The molecule has 0 unspecified atom stereocenters.